The van der Waals surface area contributed by atoms with Crippen LogP contribution in [0.5, 0.6) is 0 Å². The number of carbonyl (C=O) groups is 2. The van der Waals surface area contributed by atoms with E-state index in [0.29, 0.717) is 31.6 Å². The molecule has 0 bridgehead atoms. The zero-order chi connectivity index (χ0) is 14.5. The van der Waals surface area contributed by atoms with E-state index in [1.54, 1.807) is 29.2 Å². The molecule has 0 radical (unpaired) electrons. The van der Waals surface area contributed by atoms with Gasteiger partial charge in [-0.25, -0.2) is 4.79 Å². The highest BCUT2D eigenvalue weighted by Gasteiger charge is 2.27. The number of aliphatic hydroxyl groups is 1. The molecule has 20 heavy (non-hydrogen) atoms. The third kappa shape index (κ3) is 3.48. The van der Waals surface area contributed by atoms with Crippen molar-refractivity contribution in [2.75, 3.05) is 24.5 Å². The highest BCUT2D eigenvalue weighted by atomic mass is 16.4. The Balaban J connectivity index is 2.14. The van der Waals surface area contributed by atoms with Crippen molar-refractivity contribution in [1.82, 2.24) is 4.90 Å². The Morgan fingerprint density at radius 1 is 1.20 bits per heavy atom. The van der Waals surface area contributed by atoms with E-state index < -0.39 is 5.97 Å². The lowest BCUT2D eigenvalue weighted by Gasteiger charge is -2.33. The highest BCUT2D eigenvalue weighted by molar-refractivity contribution is 5.96. The number of aliphatic hydroxyl groups excluding tert-OH is 1. The fourth-order valence-corrected chi connectivity index (χ4v) is 2.24. The fraction of sp³-hybridized carbons (Fsp3) is 0.429. The maximum absolute atomic E-state index is 12.4. The summed E-state index contributed by atoms with van der Waals surface area (Å²) in [6.45, 7) is 0.522. The standard InChI is InChI=1S/C14H18N2O4/c17-12-6-8-15(9-7-12)14(20)16(10-13(18)19)11-4-2-1-3-5-11/h1-5,12,17H,6-10H2,(H,18,19). The minimum absolute atomic E-state index is 0.328. The van der Waals surface area contributed by atoms with Gasteiger partial charge in [0, 0.05) is 18.8 Å². The minimum Gasteiger partial charge on any atom is -0.480 e. The van der Waals surface area contributed by atoms with Crippen molar-refractivity contribution in [1.29, 1.82) is 0 Å². The molecule has 0 aromatic heterocycles. The molecule has 0 atom stereocenters. The summed E-state index contributed by atoms with van der Waals surface area (Å²) in [5.74, 6) is -1.06. The van der Waals surface area contributed by atoms with Crippen LogP contribution in [0.1, 0.15) is 12.8 Å². The average molecular weight is 278 g/mol. The van der Waals surface area contributed by atoms with Crippen LogP contribution in [0.2, 0.25) is 0 Å². The van der Waals surface area contributed by atoms with Crippen LogP contribution in [0.15, 0.2) is 30.3 Å². The molecule has 1 heterocycles. The number of urea groups is 1. The van der Waals surface area contributed by atoms with Crippen molar-refractivity contribution in [3.63, 3.8) is 0 Å². The SMILES string of the molecule is O=C(O)CN(C(=O)N1CCC(O)CC1)c1ccccc1. The Bertz CT molecular complexity index is 469. The first-order chi connectivity index (χ1) is 9.58. The molecule has 0 unspecified atom stereocenters. The predicted molar refractivity (Wildman–Crippen MR) is 73.6 cm³/mol. The second-order valence-corrected chi connectivity index (χ2v) is 4.82. The Morgan fingerprint density at radius 3 is 2.35 bits per heavy atom. The van der Waals surface area contributed by atoms with Crippen molar-refractivity contribution in [2.45, 2.75) is 18.9 Å². The molecule has 1 saturated heterocycles. The van der Waals surface area contributed by atoms with Gasteiger partial charge >= 0.3 is 12.0 Å². The van der Waals surface area contributed by atoms with E-state index in [9.17, 15) is 14.7 Å². The molecule has 1 aliphatic rings. The van der Waals surface area contributed by atoms with E-state index in [0.717, 1.165) is 0 Å². The average Bonchev–Trinajstić information content (AvgIpc) is 2.45. The van der Waals surface area contributed by atoms with E-state index in [-0.39, 0.29) is 18.7 Å². The van der Waals surface area contributed by atoms with Gasteiger partial charge in [0.2, 0.25) is 0 Å². The topological polar surface area (TPSA) is 81.1 Å². The van der Waals surface area contributed by atoms with Crippen molar-refractivity contribution in [3.8, 4) is 0 Å². The van der Waals surface area contributed by atoms with Gasteiger partial charge in [-0.1, -0.05) is 18.2 Å². The van der Waals surface area contributed by atoms with E-state index in [1.807, 2.05) is 6.07 Å². The third-order valence-electron chi connectivity index (χ3n) is 3.33. The lowest BCUT2D eigenvalue weighted by Crippen LogP contribution is -2.49. The van der Waals surface area contributed by atoms with Crippen LogP contribution in [0.25, 0.3) is 0 Å². The number of para-hydroxylation sites is 1. The number of carbonyl (C=O) groups excluding carboxylic acids is 1. The molecular formula is C14H18N2O4. The van der Waals surface area contributed by atoms with Crippen LogP contribution in [-0.4, -0.2) is 52.9 Å². The van der Waals surface area contributed by atoms with Gasteiger partial charge in [-0.3, -0.25) is 9.69 Å². The monoisotopic (exact) mass is 278 g/mol. The normalized spacial score (nSPS) is 15.9. The summed E-state index contributed by atoms with van der Waals surface area (Å²) in [7, 11) is 0. The molecule has 2 rings (SSSR count). The second kappa shape index (κ2) is 6.38. The number of hydrogen-bond acceptors (Lipinski definition) is 3. The predicted octanol–water partition coefficient (Wildman–Crippen LogP) is 1.15. The molecule has 108 valence electrons. The number of nitrogens with zero attached hydrogens (tertiary/aromatic N) is 2. The smallest absolute Gasteiger partial charge is 0.325 e. The lowest BCUT2D eigenvalue weighted by molar-refractivity contribution is -0.135. The number of carboxylic acids is 1. The molecule has 6 heteroatoms. The van der Waals surface area contributed by atoms with Crippen LogP contribution < -0.4 is 4.90 Å². The largest absolute Gasteiger partial charge is 0.480 e. The van der Waals surface area contributed by atoms with E-state index in [2.05, 4.69) is 0 Å². The minimum atomic E-state index is -1.06. The van der Waals surface area contributed by atoms with Gasteiger partial charge in [0.25, 0.3) is 0 Å². The first-order valence-electron chi connectivity index (χ1n) is 6.59. The molecule has 1 aliphatic heterocycles. The van der Waals surface area contributed by atoms with Crippen LogP contribution in [0, 0.1) is 0 Å². The van der Waals surface area contributed by atoms with Gasteiger partial charge in [0.15, 0.2) is 0 Å². The zero-order valence-corrected chi connectivity index (χ0v) is 11.1. The second-order valence-electron chi connectivity index (χ2n) is 4.82. The number of piperidine rings is 1. The third-order valence-corrected chi connectivity index (χ3v) is 3.33. The molecule has 1 fully saturated rings. The van der Waals surface area contributed by atoms with Crippen LogP contribution in [-0.2, 0) is 4.79 Å². The number of benzene rings is 1. The Kier molecular flexibility index (Phi) is 4.57. The summed E-state index contributed by atoms with van der Waals surface area (Å²) < 4.78 is 0. The first kappa shape index (κ1) is 14.3. The Labute approximate surface area is 117 Å². The molecule has 0 spiro atoms. The summed E-state index contributed by atoms with van der Waals surface area (Å²) in [6, 6.07) is 8.42. The van der Waals surface area contributed by atoms with Crippen molar-refractivity contribution in [2.24, 2.45) is 0 Å². The molecular weight excluding hydrogens is 260 g/mol. The van der Waals surface area contributed by atoms with Crippen LogP contribution >= 0.6 is 0 Å². The Hall–Kier alpha value is -2.08. The maximum atomic E-state index is 12.4. The first-order valence-corrected chi connectivity index (χ1v) is 6.59. The summed E-state index contributed by atoms with van der Waals surface area (Å²) in [5, 5.41) is 18.4. The summed E-state index contributed by atoms with van der Waals surface area (Å²) in [4.78, 5) is 26.3. The number of anilines is 1. The van der Waals surface area contributed by atoms with E-state index >= 15 is 0 Å². The number of likely N-dealkylation sites (tertiary alicyclic amines) is 1. The van der Waals surface area contributed by atoms with Gasteiger partial charge in [-0.05, 0) is 25.0 Å². The molecule has 2 amide bonds. The van der Waals surface area contributed by atoms with Gasteiger partial charge in [-0.2, -0.15) is 0 Å². The van der Waals surface area contributed by atoms with E-state index in [4.69, 9.17) is 5.11 Å². The number of aliphatic carboxylic acids is 1. The number of rotatable bonds is 3. The fourth-order valence-electron chi connectivity index (χ4n) is 2.24. The molecule has 1 aromatic carbocycles. The molecule has 0 aliphatic carbocycles. The van der Waals surface area contributed by atoms with Crippen molar-refractivity contribution in [3.05, 3.63) is 30.3 Å². The van der Waals surface area contributed by atoms with Crippen LogP contribution in [0.3, 0.4) is 0 Å². The van der Waals surface area contributed by atoms with Gasteiger partial charge in [0.05, 0.1) is 6.10 Å². The van der Waals surface area contributed by atoms with Gasteiger partial charge < -0.3 is 15.1 Å². The summed E-state index contributed by atoms with van der Waals surface area (Å²) in [5.41, 5.74) is 0.561. The molecule has 0 saturated carbocycles. The van der Waals surface area contributed by atoms with E-state index in [1.165, 1.54) is 4.90 Å². The maximum Gasteiger partial charge on any atom is 0.325 e. The zero-order valence-electron chi connectivity index (χ0n) is 11.1. The quantitative estimate of drug-likeness (QED) is 0.869. The molecule has 2 N–H and O–H groups in total. The number of carboxylic acid groups (broad SMARTS) is 1. The van der Waals surface area contributed by atoms with Gasteiger partial charge in [-0.15, -0.1) is 0 Å². The number of hydrogen-bond donors (Lipinski definition) is 2. The molecule has 1 aromatic rings. The Morgan fingerprint density at radius 2 is 1.80 bits per heavy atom. The van der Waals surface area contributed by atoms with Gasteiger partial charge in [0.1, 0.15) is 6.54 Å². The highest BCUT2D eigenvalue weighted by Crippen LogP contribution is 2.18. The summed E-state index contributed by atoms with van der Waals surface area (Å²) >= 11 is 0. The van der Waals surface area contributed by atoms with Crippen molar-refractivity contribution < 1.29 is 19.8 Å². The summed E-state index contributed by atoms with van der Waals surface area (Å²) in [6.07, 6.45) is 0.687. The number of amides is 2. The molecule has 6 nitrogen and oxygen atoms in total. The lowest BCUT2D eigenvalue weighted by atomic mass is 10.1. The van der Waals surface area contributed by atoms with Crippen LogP contribution in [0.4, 0.5) is 10.5 Å². The van der Waals surface area contributed by atoms with Crippen molar-refractivity contribution >= 4 is 17.7 Å².